The molecule has 0 heterocycles. The molecule has 0 spiro atoms. The molecule has 3 rings (SSSR count). The van der Waals surface area contributed by atoms with Gasteiger partial charge < -0.3 is 4.74 Å². The van der Waals surface area contributed by atoms with Crippen molar-refractivity contribution in [2.24, 2.45) is 0 Å². The van der Waals surface area contributed by atoms with Gasteiger partial charge in [0.15, 0.2) is 12.4 Å². The van der Waals surface area contributed by atoms with E-state index in [1.165, 1.54) is 18.2 Å². The van der Waals surface area contributed by atoms with Crippen LogP contribution in [-0.2, 0) is 4.74 Å². The highest BCUT2D eigenvalue weighted by molar-refractivity contribution is 6.01. The van der Waals surface area contributed by atoms with Gasteiger partial charge >= 0.3 is 5.97 Å². The van der Waals surface area contributed by atoms with Crippen LogP contribution in [-0.4, -0.2) is 18.4 Å². The predicted molar refractivity (Wildman–Crippen MR) is 97.6 cm³/mol. The number of halogens is 1. The molecular weight excluding hydrogens is 345 g/mol. The molecule has 0 saturated carbocycles. The highest BCUT2D eigenvalue weighted by atomic mass is 19.1. The Balaban J connectivity index is 1.82. The summed E-state index contributed by atoms with van der Waals surface area (Å²) in [5.74, 6) is -1.73. The van der Waals surface area contributed by atoms with Crippen LogP contribution in [0.2, 0.25) is 0 Å². The van der Waals surface area contributed by atoms with Crippen LogP contribution in [0.5, 0.6) is 0 Å². The van der Waals surface area contributed by atoms with Crippen molar-refractivity contribution in [3.8, 4) is 17.2 Å². The Morgan fingerprint density at radius 1 is 0.926 bits per heavy atom. The molecule has 4 nitrogen and oxygen atoms in total. The Hall–Kier alpha value is -3.78. The Bertz CT molecular complexity index is 1050. The van der Waals surface area contributed by atoms with E-state index in [1.54, 1.807) is 48.5 Å². The summed E-state index contributed by atoms with van der Waals surface area (Å²) in [5.41, 5.74) is 1.94. The van der Waals surface area contributed by atoms with E-state index in [2.05, 4.69) is 6.07 Å². The first-order valence-electron chi connectivity index (χ1n) is 8.14. The van der Waals surface area contributed by atoms with Crippen LogP contribution in [0.25, 0.3) is 11.1 Å². The van der Waals surface area contributed by atoms with Crippen LogP contribution >= 0.6 is 0 Å². The number of nitrogens with zero attached hydrogens (tertiary/aromatic N) is 1. The Morgan fingerprint density at radius 3 is 2.37 bits per heavy atom. The minimum Gasteiger partial charge on any atom is -0.454 e. The molecule has 0 aromatic heterocycles. The molecule has 0 saturated heterocycles. The lowest BCUT2D eigenvalue weighted by atomic mass is 9.96. The highest BCUT2D eigenvalue weighted by Crippen LogP contribution is 2.27. The van der Waals surface area contributed by atoms with Crippen LogP contribution in [0.1, 0.15) is 26.3 Å². The molecule has 0 unspecified atom stereocenters. The number of benzene rings is 3. The molecule has 0 aliphatic rings. The summed E-state index contributed by atoms with van der Waals surface area (Å²) in [7, 11) is 0. The summed E-state index contributed by atoms with van der Waals surface area (Å²) in [6.07, 6.45) is 0. The third kappa shape index (κ3) is 4.07. The van der Waals surface area contributed by atoms with Gasteiger partial charge in [-0.3, -0.25) is 4.79 Å². The van der Waals surface area contributed by atoms with Gasteiger partial charge in [-0.25, -0.2) is 9.18 Å². The van der Waals surface area contributed by atoms with Gasteiger partial charge in [0.1, 0.15) is 5.82 Å². The van der Waals surface area contributed by atoms with E-state index in [4.69, 9.17) is 4.74 Å². The van der Waals surface area contributed by atoms with E-state index in [-0.39, 0.29) is 11.1 Å². The van der Waals surface area contributed by atoms with E-state index in [9.17, 15) is 19.2 Å². The number of Topliss-reactive ketones (excluding diaryl/α,β-unsaturated/α-hetero) is 1. The normalized spacial score (nSPS) is 10.1. The first-order valence-corrected chi connectivity index (χ1v) is 8.14. The van der Waals surface area contributed by atoms with Crippen molar-refractivity contribution in [2.75, 3.05) is 6.61 Å². The number of ether oxygens (including phenoxy) is 1. The summed E-state index contributed by atoms with van der Waals surface area (Å²) in [4.78, 5) is 24.6. The molecule has 5 heteroatoms. The summed E-state index contributed by atoms with van der Waals surface area (Å²) in [5, 5.41) is 9.29. The zero-order chi connectivity index (χ0) is 19.2. The predicted octanol–water partition coefficient (Wildman–Crippen LogP) is 4.40. The summed E-state index contributed by atoms with van der Waals surface area (Å²) in [6.45, 7) is -0.503. The number of esters is 1. The maximum absolute atomic E-state index is 13.2. The van der Waals surface area contributed by atoms with E-state index < -0.39 is 24.2 Å². The molecule has 132 valence electrons. The average Bonchev–Trinajstić information content (AvgIpc) is 2.71. The van der Waals surface area contributed by atoms with Crippen LogP contribution in [0.3, 0.4) is 0 Å². The van der Waals surface area contributed by atoms with Crippen LogP contribution in [0.15, 0.2) is 72.8 Å². The highest BCUT2D eigenvalue weighted by Gasteiger charge is 2.17. The van der Waals surface area contributed by atoms with Crippen molar-refractivity contribution < 1.29 is 18.7 Å². The van der Waals surface area contributed by atoms with E-state index in [1.807, 2.05) is 0 Å². The molecular formula is C22H14FNO3. The van der Waals surface area contributed by atoms with Gasteiger partial charge in [-0.05, 0) is 29.8 Å². The lowest BCUT2D eigenvalue weighted by molar-refractivity contribution is 0.0475. The van der Waals surface area contributed by atoms with Gasteiger partial charge in [-0.15, -0.1) is 0 Å². The SMILES string of the molecule is N#Cc1ccccc1-c1ccccc1C(=O)OCC(=O)c1cccc(F)c1. The molecule has 0 radical (unpaired) electrons. The number of hydrogen-bond acceptors (Lipinski definition) is 4. The molecule has 3 aromatic rings. The van der Waals surface area contributed by atoms with E-state index in [0.29, 0.717) is 16.7 Å². The van der Waals surface area contributed by atoms with Gasteiger partial charge in [0.2, 0.25) is 0 Å². The molecule has 0 aliphatic heterocycles. The molecule has 0 amide bonds. The smallest absolute Gasteiger partial charge is 0.339 e. The van der Waals surface area contributed by atoms with Crippen molar-refractivity contribution in [2.45, 2.75) is 0 Å². The number of hydrogen-bond donors (Lipinski definition) is 0. The van der Waals surface area contributed by atoms with Crippen molar-refractivity contribution in [3.63, 3.8) is 0 Å². The molecule has 0 aliphatic carbocycles. The van der Waals surface area contributed by atoms with Crippen molar-refractivity contribution in [1.29, 1.82) is 5.26 Å². The Labute approximate surface area is 155 Å². The minimum absolute atomic E-state index is 0.130. The fourth-order valence-electron chi connectivity index (χ4n) is 2.67. The summed E-state index contributed by atoms with van der Waals surface area (Å²) >= 11 is 0. The fraction of sp³-hybridized carbons (Fsp3) is 0.0455. The van der Waals surface area contributed by atoms with Gasteiger partial charge in [0.25, 0.3) is 0 Å². The number of rotatable bonds is 5. The zero-order valence-electron chi connectivity index (χ0n) is 14.2. The number of carbonyl (C=O) groups is 2. The number of carbonyl (C=O) groups excluding carboxylic acids is 2. The summed E-state index contributed by atoms with van der Waals surface area (Å²) < 4.78 is 18.3. The van der Waals surface area contributed by atoms with Crippen molar-refractivity contribution in [1.82, 2.24) is 0 Å². The van der Waals surface area contributed by atoms with Crippen molar-refractivity contribution >= 4 is 11.8 Å². The molecule has 0 fully saturated rings. The Morgan fingerprint density at radius 2 is 1.63 bits per heavy atom. The quantitative estimate of drug-likeness (QED) is 0.500. The molecule has 0 N–H and O–H groups in total. The van der Waals surface area contributed by atoms with Gasteiger partial charge in [0.05, 0.1) is 17.2 Å². The minimum atomic E-state index is -0.692. The fourth-order valence-corrected chi connectivity index (χ4v) is 2.67. The van der Waals surface area contributed by atoms with Gasteiger partial charge in [0, 0.05) is 11.1 Å². The topological polar surface area (TPSA) is 67.2 Å². The lowest BCUT2D eigenvalue weighted by Crippen LogP contribution is -2.15. The van der Waals surface area contributed by atoms with Gasteiger partial charge in [-0.2, -0.15) is 5.26 Å². The van der Waals surface area contributed by atoms with E-state index in [0.717, 1.165) is 6.07 Å². The second kappa shape index (κ2) is 8.07. The van der Waals surface area contributed by atoms with Gasteiger partial charge in [-0.1, -0.05) is 48.5 Å². The van der Waals surface area contributed by atoms with Crippen molar-refractivity contribution in [3.05, 3.63) is 95.3 Å². The lowest BCUT2D eigenvalue weighted by Gasteiger charge is -2.11. The first kappa shape index (κ1) is 18.0. The standard InChI is InChI=1S/C22H14FNO3/c23-17-8-5-7-15(12-17)21(25)14-27-22(26)20-11-4-3-10-19(20)18-9-2-1-6-16(18)13-24/h1-12H,14H2. The second-order valence-electron chi connectivity index (χ2n) is 5.71. The number of nitriles is 1. The summed E-state index contributed by atoms with van der Waals surface area (Å²) in [6, 6.07) is 20.9. The maximum Gasteiger partial charge on any atom is 0.339 e. The molecule has 3 aromatic carbocycles. The van der Waals surface area contributed by atoms with Crippen LogP contribution < -0.4 is 0 Å². The van der Waals surface area contributed by atoms with Crippen LogP contribution in [0, 0.1) is 17.1 Å². The zero-order valence-corrected chi connectivity index (χ0v) is 14.2. The number of ketones is 1. The largest absolute Gasteiger partial charge is 0.454 e. The monoisotopic (exact) mass is 359 g/mol. The third-order valence-corrected chi connectivity index (χ3v) is 3.97. The maximum atomic E-state index is 13.2. The first-order chi connectivity index (χ1) is 13.1. The third-order valence-electron chi connectivity index (χ3n) is 3.97. The second-order valence-corrected chi connectivity index (χ2v) is 5.71. The molecule has 0 atom stereocenters. The molecule has 27 heavy (non-hydrogen) atoms. The average molecular weight is 359 g/mol. The Kier molecular flexibility index (Phi) is 5.38. The molecule has 0 bridgehead atoms. The van der Waals surface area contributed by atoms with Crippen LogP contribution in [0.4, 0.5) is 4.39 Å². The van der Waals surface area contributed by atoms with E-state index >= 15 is 0 Å².